The van der Waals surface area contributed by atoms with Crippen molar-refractivity contribution in [3.8, 4) is 22.7 Å². The minimum atomic E-state index is 0.0707. The molecular formula is C24H31N5O. The second-order valence-corrected chi connectivity index (χ2v) is 9.63. The predicted octanol–water partition coefficient (Wildman–Crippen LogP) is 4.39. The minimum absolute atomic E-state index is 0.0707. The second-order valence-electron chi connectivity index (χ2n) is 9.63. The fourth-order valence-corrected chi connectivity index (χ4v) is 4.79. The molecule has 0 bridgehead atoms. The summed E-state index contributed by atoms with van der Waals surface area (Å²) < 4.78 is 1.95. The fourth-order valence-electron chi connectivity index (χ4n) is 4.79. The number of rotatable bonds is 4. The van der Waals surface area contributed by atoms with Crippen LogP contribution in [-0.4, -0.2) is 44.0 Å². The first kappa shape index (κ1) is 20.4. The SMILES string of the molecule is CN(c1ccc(-c2ccc(-n3cccc3)cc2O)nn1)C1CC(C)(C)NC(C)(C)C1. The van der Waals surface area contributed by atoms with E-state index in [9.17, 15) is 5.11 Å². The zero-order chi connectivity index (χ0) is 21.5. The van der Waals surface area contributed by atoms with Gasteiger partial charge in [-0.05, 0) is 76.9 Å². The lowest BCUT2D eigenvalue weighted by molar-refractivity contribution is 0.160. The maximum atomic E-state index is 10.5. The second kappa shape index (κ2) is 7.43. The molecule has 1 saturated heterocycles. The van der Waals surface area contributed by atoms with Gasteiger partial charge in [0.05, 0.1) is 5.69 Å². The van der Waals surface area contributed by atoms with Crippen LogP contribution < -0.4 is 10.2 Å². The van der Waals surface area contributed by atoms with Crippen LogP contribution in [0.4, 0.5) is 5.82 Å². The first-order valence-corrected chi connectivity index (χ1v) is 10.5. The summed E-state index contributed by atoms with van der Waals surface area (Å²) in [6, 6.07) is 13.8. The topological polar surface area (TPSA) is 66.2 Å². The van der Waals surface area contributed by atoms with Gasteiger partial charge in [-0.3, -0.25) is 0 Å². The Hall–Kier alpha value is -2.86. The van der Waals surface area contributed by atoms with E-state index in [1.807, 2.05) is 53.4 Å². The molecule has 158 valence electrons. The van der Waals surface area contributed by atoms with Gasteiger partial charge in [0.25, 0.3) is 0 Å². The van der Waals surface area contributed by atoms with Gasteiger partial charge in [-0.1, -0.05) is 0 Å². The average molecular weight is 406 g/mol. The van der Waals surface area contributed by atoms with Crippen molar-refractivity contribution in [3.05, 3.63) is 54.9 Å². The van der Waals surface area contributed by atoms with Gasteiger partial charge >= 0.3 is 0 Å². The predicted molar refractivity (Wildman–Crippen MR) is 121 cm³/mol. The molecule has 2 N–H and O–H groups in total. The summed E-state index contributed by atoms with van der Waals surface area (Å²) in [7, 11) is 2.09. The van der Waals surface area contributed by atoms with Crippen LogP contribution in [0.2, 0.25) is 0 Å². The molecule has 1 fully saturated rings. The van der Waals surface area contributed by atoms with Gasteiger partial charge in [0.1, 0.15) is 5.75 Å². The minimum Gasteiger partial charge on any atom is -0.507 e. The van der Waals surface area contributed by atoms with Gasteiger partial charge in [-0.15, -0.1) is 10.2 Å². The van der Waals surface area contributed by atoms with Crippen LogP contribution in [-0.2, 0) is 0 Å². The standard InChI is InChI=1S/C24H31N5O/c1-23(2)15-18(16-24(3,4)27-23)28(5)22-11-10-20(25-26-22)19-9-8-17(14-21(19)30)29-12-6-7-13-29/h6-14,18,27,30H,15-16H2,1-5H3. The van der Waals surface area contributed by atoms with E-state index in [1.165, 1.54) is 0 Å². The average Bonchev–Trinajstić information content (AvgIpc) is 3.20. The lowest BCUT2D eigenvalue weighted by atomic mass is 9.79. The van der Waals surface area contributed by atoms with E-state index in [0.717, 1.165) is 24.3 Å². The normalized spacial score (nSPS) is 18.3. The smallest absolute Gasteiger partial charge is 0.151 e. The first-order chi connectivity index (χ1) is 14.1. The summed E-state index contributed by atoms with van der Waals surface area (Å²) in [5.41, 5.74) is 2.39. The lowest BCUT2D eigenvalue weighted by Gasteiger charge is -2.49. The van der Waals surface area contributed by atoms with Gasteiger partial charge < -0.3 is 19.9 Å². The number of nitrogens with one attached hydrogen (secondary N) is 1. The highest BCUT2D eigenvalue weighted by Gasteiger charge is 2.39. The molecule has 0 spiro atoms. The molecule has 6 heteroatoms. The summed E-state index contributed by atoms with van der Waals surface area (Å²) >= 11 is 0. The largest absolute Gasteiger partial charge is 0.507 e. The Balaban J connectivity index is 1.54. The number of aromatic nitrogens is 3. The van der Waals surface area contributed by atoms with Crippen LogP contribution in [0, 0.1) is 0 Å². The van der Waals surface area contributed by atoms with Crippen molar-refractivity contribution in [2.45, 2.75) is 57.7 Å². The third kappa shape index (κ3) is 4.19. The van der Waals surface area contributed by atoms with Crippen LogP contribution in [0.15, 0.2) is 54.9 Å². The van der Waals surface area contributed by atoms with Crippen molar-refractivity contribution in [2.75, 3.05) is 11.9 Å². The van der Waals surface area contributed by atoms with Crippen molar-refractivity contribution < 1.29 is 5.11 Å². The van der Waals surface area contributed by atoms with E-state index in [2.05, 4.69) is 55.2 Å². The van der Waals surface area contributed by atoms with Crippen LogP contribution in [0.1, 0.15) is 40.5 Å². The summed E-state index contributed by atoms with van der Waals surface area (Å²) in [5.74, 6) is 1.04. The number of aromatic hydroxyl groups is 1. The van der Waals surface area contributed by atoms with Crippen molar-refractivity contribution in [1.82, 2.24) is 20.1 Å². The molecule has 3 heterocycles. The highest BCUT2D eigenvalue weighted by molar-refractivity contribution is 5.69. The first-order valence-electron chi connectivity index (χ1n) is 10.5. The Morgan fingerprint density at radius 3 is 2.23 bits per heavy atom. The Labute approximate surface area is 178 Å². The van der Waals surface area contributed by atoms with Crippen molar-refractivity contribution in [3.63, 3.8) is 0 Å². The molecule has 0 radical (unpaired) electrons. The lowest BCUT2D eigenvalue weighted by Crippen LogP contribution is -2.62. The molecule has 0 saturated carbocycles. The fraction of sp³-hybridized carbons (Fsp3) is 0.417. The van der Waals surface area contributed by atoms with Gasteiger partial charge in [0.2, 0.25) is 0 Å². The third-order valence-corrected chi connectivity index (χ3v) is 5.89. The number of nitrogens with zero attached hydrogens (tertiary/aromatic N) is 4. The summed E-state index contributed by atoms with van der Waals surface area (Å²) in [6.45, 7) is 9.01. The number of hydrogen-bond acceptors (Lipinski definition) is 5. The molecule has 0 aliphatic carbocycles. The van der Waals surface area contributed by atoms with Crippen LogP contribution >= 0.6 is 0 Å². The number of piperidine rings is 1. The molecule has 0 unspecified atom stereocenters. The molecule has 0 atom stereocenters. The molecule has 2 aromatic heterocycles. The molecular weight excluding hydrogens is 374 g/mol. The highest BCUT2D eigenvalue weighted by atomic mass is 16.3. The molecule has 4 rings (SSSR count). The quantitative estimate of drug-likeness (QED) is 0.674. The number of anilines is 1. The van der Waals surface area contributed by atoms with Crippen LogP contribution in [0.25, 0.3) is 16.9 Å². The van der Waals surface area contributed by atoms with Crippen molar-refractivity contribution in [2.24, 2.45) is 0 Å². The third-order valence-electron chi connectivity index (χ3n) is 5.89. The van der Waals surface area contributed by atoms with E-state index in [1.54, 1.807) is 6.07 Å². The van der Waals surface area contributed by atoms with E-state index in [-0.39, 0.29) is 16.8 Å². The van der Waals surface area contributed by atoms with Crippen LogP contribution in [0.3, 0.4) is 0 Å². The van der Waals surface area contributed by atoms with E-state index < -0.39 is 0 Å². The molecule has 6 nitrogen and oxygen atoms in total. The van der Waals surface area contributed by atoms with Gasteiger partial charge in [-0.25, -0.2) is 0 Å². The van der Waals surface area contributed by atoms with E-state index in [0.29, 0.717) is 17.3 Å². The Bertz CT molecular complexity index is 993. The van der Waals surface area contributed by atoms with Gasteiger partial charge in [0.15, 0.2) is 5.82 Å². The number of phenolic OH excluding ortho intramolecular Hbond substituents is 1. The maximum absolute atomic E-state index is 10.5. The van der Waals surface area contributed by atoms with Gasteiger partial charge in [0, 0.05) is 53.9 Å². The summed E-state index contributed by atoms with van der Waals surface area (Å²) in [4.78, 5) is 2.23. The molecule has 30 heavy (non-hydrogen) atoms. The monoisotopic (exact) mass is 405 g/mol. The molecule has 3 aromatic rings. The highest BCUT2D eigenvalue weighted by Crippen LogP contribution is 2.34. The van der Waals surface area contributed by atoms with Crippen molar-refractivity contribution >= 4 is 5.82 Å². The molecule has 1 aromatic carbocycles. The zero-order valence-corrected chi connectivity index (χ0v) is 18.4. The number of hydrogen-bond donors (Lipinski definition) is 2. The zero-order valence-electron chi connectivity index (χ0n) is 18.4. The molecule has 1 aliphatic heterocycles. The maximum Gasteiger partial charge on any atom is 0.151 e. The van der Waals surface area contributed by atoms with E-state index in [4.69, 9.17) is 0 Å². The van der Waals surface area contributed by atoms with E-state index >= 15 is 0 Å². The van der Waals surface area contributed by atoms with Gasteiger partial charge in [-0.2, -0.15) is 0 Å². The summed E-state index contributed by atoms with van der Waals surface area (Å²) in [5, 5.41) is 23.2. The molecule has 0 amide bonds. The van der Waals surface area contributed by atoms with Crippen LogP contribution in [0.5, 0.6) is 5.75 Å². The Kier molecular flexibility index (Phi) is 5.06. The summed E-state index contributed by atoms with van der Waals surface area (Å²) in [6.07, 6.45) is 5.97. The van der Waals surface area contributed by atoms with Crippen molar-refractivity contribution in [1.29, 1.82) is 0 Å². The number of benzene rings is 1. The Morgan fingerprint density at radius 2 is 1.67 bits per heavy atom. The number of phenols is 1. The molecule has 1 aliphatic rings. The Morgan fingerprint density at radius 1 is 1.00 bits per heavy atom.